The monoisotopic (exact) mass is 639 g/mol. The molecule has 0 atom stereocenters. The summed E-state index contributed by atoms with van der Waals surface area (Å²) in [5, 5.41) is 5.35. The first kappa shape index (κ1) is 30.8. The van der Waals surface area contributed by atoms with Gasteiger partial charge in [-0.2, -0.15) is 13.2 Å². The van der Waals surface area contributed by atoms with Crippen molar-refractivity contribution in [1.29, 1.82) is 0 Å². The zero-order chi connectivity index (χ0) is 32.1. The first-order chi connectivity index (χ1) is 22.3. The maximum atomic E-state index is 13.6. The Kier molecular flexibility index (Phi) is 8.76. The van der Waals surface area contributed by atoms with E-state index in [1.807, 2.05) is 66.2 Å². The number of alkyl halides is 3. The third kappa shape index (κ3) is 6.18. The molecule has 232 valence electrons. The third-order valence-electron chi connectivity index (χ3n) is 7.30. The van der Waals surface area contributed by atoms with E-state index >= 15 is 0 Å². The largest absolute Gasteiger partial charge is 0.484 e. The molecule has 46 heavy (non-hydrogen) atoms. The minimum Gasteiger partial charge on any atom is -0.484 e. The van der Waals surface area contributed by atoms with Gasteiger partial charge in [-0.3, -0.25) is 9.36 Å². The number of ether oxygens (including phenoxy) is 1. The first-order valence-corrected chi connectivity index (χ1v) is 15.4. The second-order valence-corrected chi connectivity index (χ2v) is 11.5. The molecular weight excluding hydrogens is 611 g/mol. The lowest BCUT2D eigenvalue weighted by Crippen LogP contribution is -2.38. The molecule has 0 saturated carbocycles. The van der Waals surface area contributed by atoms with E-state index in [4.69, 9.17) is 14.8 Å². The van der Waals surface area contributed by atoms with Gasteiger partial charge in [0.05, 0.1) is 5.69 Å². The highest BCUT2D eigenvalue weighted by Crippen LogP contribution is 2.40. The van der Waals surface area contributed by atoms with Crippen molar-refractivity contribution in [2.45, 2.75) is 23.8 Å². The fraction of sp³-hybridized carbons (Fsp3) is 0.143. The van der Waals surface area contributed by atoms with Gasteiger partial charge in [0.15, 0.2) is 17.6 Å². The summed E-state index contributed by atoms with van der Waals surface area (Å²) in [7, 11) is 0. The van der Waals surface area contributed by atoms with Crippen LogP contribution in [-0.4, -0.2) is 42.9 Å². The number of nitrogens with zero attached hydrogens (tertiary/aromatic N) is 5. The predicted molar refractivity (Wildman–Crippen MR) is 171 cm³/mol. The molecule has 0 aliphatic rings. The number of benzene rings is 4. The molecule has 0 aliphatic heterocycles. The lowest BCUT2D eigenvalue weighted by Gasteiger charge is -2.35. The van der Waals surface area contributed by atoms with E-state index < -0.39 is 18.3 Å². The fourth-order valence-electron chi connectivity index (χ4n) is 5.37. The van der Waals surface area contributed by atoms with Gasteiger partial charge in [-0.25, -0.2) is 14.6 Å². The zero-order valence-electron chi connectivity index (χ0n) is 24.6. The van der Waals surface area contributed by atoms with Gasteiger partial charge in [0.25, 0.3) is 5.56 Å². The van der Waals surface area contributed by atoms with E-state index in [-0.39, 0.29) is 17.1 Å². The van der Waals surface area contributed by atoms with E-state index in [1.165, 1.54) is 46.7 Å². The molecule has 2 aromatic heterocycles. The molecule has 0 unspecified atom stereocenters. The second kappa shape index (κ2) is 13.1. The van der Waals surface area contributed by atoms with Crippen LogP contribution >= 0.6 is 11.8 Å². The van der Waals surface area contributed by atoms with Crippen molar-refractivity contribution in [1.82, 2.24) is 24.3 Å². The van der Waals surface area contributed by atoms with Crippen LogP contribution in [0.25, 0.3) is 17.2 Å². The fourth-order valence-corrected chi connectivity index (χ4v) is 6.12. The maximum Gasteiger partial charge on any atom is 0.422 e. The van der Waals surface area contributed by atoms with E-state index in [1.54, 1.807) is 6.33 Å². The summed E-state index contributed by atoms with van der Waals surface area (Å²) in [4.78, 5) is 23.0. The van der Waals surface area contributed by atoms with Crippen LogP contribution in [0.15, 0.2) is 138 Å². The Hall–Kier alpha value is -5.16. The quantitative estimate of drug-likeness (QED) is 0.0885. The summed E-state index contributed by atoms with van der Waals surface area (Å²) in [6.07, 6.45) is -2.80. The lowest BCUT2D eigenvalue weighted by molar-refractivity contribution is -0.153. The first-order valence-electron chi connectivity index (χ1n) is 14.5. The average molecular weight is 640 g/mol. The molecule has 2 heterocycles. The van der Waals surface area contributed by atoms with Crippen molar-refractivity contribution in [3.05, 3.63) is 155 Å². The molecule has 0 amide bonds. The van der Waals surface area contributed by atoms with E-state index in [0.29, 0.717) is 22.3 Å². The zero-order valence-corrected chi connectivity index (χ0v) is 25.4. The van der Waals surface area contributed by atoms with Crippen molar-refractivity contribution >= 4 is 11.8 Å². The molecule has 0 N–H and O–H groups in total. The number of aromatic nitrogens is 5. The Morgan fingerprint density at radius 2 is 1.33 bits per heavy atom. The number of rotatable bonds is 10. The summed E-state index contributed by atoms with van der Waals surface area (Å²) in [5.41, 5.74) is 2.37. The number of halogens is 3. The van der Waals surface area contributed by atoms with E-state index in [0.717, 1.165) is 16.7 Å². The summed E-state index contributed by atoms with van der Waals surface area (Å²) in [6.45, 7) is 0.530. The molecule has 7 nitrogen and oxygen atoms in total. The predicted octanol–water partition coefficient (Wildman–Crippen LogP) is 7.38. The van der Waals surface area contributed by atoms with Crippen LogP contribution in [0, 0.1) is 0 Å². The smallest absolute Gasteiger partial charge is 0.422 e. The van der Waals surface area contributed by atoms with Crippen molar-refractivity contribution in [2.24, 2.45) is 0 Å². The summed E-state index contributed by atoms with van der Waals surface area (Å²) < 4.78 is 45.8. The summed E-state index contributed by atoms with van der Waals surface area (Å²) in [6, 6.07) is 37.3. The van der Waals surface area contributed by atoms with Gasteiger partial charge in [-0.05, 0) is 46.7 Å². The van der Waals surface area contributed by atoms with Gasteiger partial charge in [0.2, 0.25) is 0 Å². The van der Waals surface area contributed by atoms with Crippen LogP contribution < -0.4 is 10.3 Å². The van der Waals surface area contributed by atoms with Gasteiger partial charge in [-0.15, -0.1) is 5.10 Å². The number of thioether (sulfide) groups is 1. The molecule has 0 spiro atoms. The highest BCUT2D eigenvalue weighted by atomic mass is 32.2. The minimum absolute atomic E-state index is 0.0388. The Morgan fingerprint density at radius 3 is 1.83 bits per heavy atom. The maximum absolute atomic E-state index is 13.6. The van der Waals surface area contributed by atoms with Gasteiger partial charge >= 0.3 is 6.18 Å². The molecule has 0 bridgehead atoms. The summed E-state index contributed by atoms with van der Waals surface area (Å²) >= 11 is 1.35. The minimum atomic E-state index is -4.45. The number of hydrogen-bond donors (Lipinski definition) is 0. The Morgan fingerprint density at radius 1 is 0.783 bits per heavy atom. The SMILES string of the molecule is CCSc1nc(-c2ncn(C(c3ccccc3)(c3ccccc3)c3ccccc3)n2)cc(=O)n1-c1ccc(OCC(F)(F)F)cc1. The third-order valence-corrected chi connectivity index (χ3v) is 8.12. The Balaban J connectivity index is 1.45. The standard InChI is InChI=1S/C35H28F3N5O2S/c1-2-46-33-40-30(22-31(44)43(33)28-18-20-29(21-19-28)45-23-34(36,37)38)32-39-24-42(41-32)35(25-12-6-3-7-13-25,26-14-8-4-9-15-26)27-16-10-5-11-17-27/h3-22,24H,2,23H2,1H3. The van der Waals surface area contributed by atoms with Crippen molar-refractivity contribution in [3.8, 4) is 23.0 Å². The van der Waals surface area contributed by atoms with Gasteiger partial charge in [-0.1, -0.05) is 110 Å². The molecule has 0 saturated heterocycles. The number of hydrogen-bond acceptors (Lipinski definition) is 6. The molecular formula is C35H28F3N5O2S. The molecule has 4 aromatic carbocycles. The van der Waals surface area contributed by atoms with Gasteiger partial charge < -0.3 is 4.74 Å². The molecule has 0 radical (unpaired) electrons. The average Bonchev–Trinajstić information content (AvgIpc) is 3.56. The van der Waals surface area contributed by atoms with Crippen molar-refractivity contribution < 1.29 is 17.9 Å². The topological polar surface area (TPSA) is 74.8 Å². The molecule has 0 aliphatic carbocycles. The van der Waals surface area contributed by atoms with E-state index in [9.17, 15) is 18.0 Å². The Bertz CT molecular complexity index is 1870. The molecule has 6 rings (SSSR count). The van der Waals surface area contributed by atoms with Crippen molar-refractivity contribution in [3.63, 3.8) is 0 Å². The van der Waals surface area contributed by atoms with Crippen LogP contribution in [0.4, 0.5) is 13.2 Å². The van der Waals surface area contributed by atoms with E-state index in [2.05, 4.69) is 41.4 Å². The van der Waals surface area contributed by atoms with Crippen LogP contribution in [0.2, 0.25) is 0 Å². The molecule has 11 heteroatoms. The molecule has 0 fully saturated rings. The van der Waals surface area contributed by atoms with Crippen LogP contribution in [0.1, 0.15) is 23.6 Å². The Labute approximate surface area is 267 Å². The van der Waals surface area contributed by atoms with Crippen LogP contribution in [0.3, 0.4) is 0 Å². The highest BCUT2D eigenvalue weighted by Gasteiger charge is 2.40. The molecule has 6 aromatic rings. The van der Waals surface area contributed by atoms with Crippen LogP contribution in [-0.2, 0) is 5.54 Å². The van der Waals surface area contributed by atoms with Crippen LogP contribution in [0.5, 0.6) is 5.75 Å². The second-order valence-electron chi connectivity index (χ2n) is 10.2. The normalized spacial score (nSPS) is 11.8. The van der Waals surface area contributed by atoms with Crippen molar-refractivity contribution in [2.75, 3.05) is 12.4 Å². The summed E-state index contributed by atoms with van der Waals surface area (Å²) in [5.74, 6) is 0.922. The lowest BCUT2D eigenvalue weighted by atomic mass is 9.77. The highest BCUT2D eigenvalue weighted by molar-refractivity contribution is 7.99. The van der Waals surface area contributed by atoms with Gasteiger partial charge in [0.1, 0.15) is 23.3 Å². The van der Waals surface area contributed by atoms with Gasteiger partial charge in [0, 0.05) is 6.07 Å².